The second-order valence-corrected chi connectivity index (χ2v) is 6.59. The van der Waals surface area contributed by atoms with Crippen molar-refractivity contribution in [3.05, 3.63) is 102 Å². The van der Waals surface area contributed by atoms with E-state index in [4.69, 9.17) is 4.74 Å². The number of aromatic nitrogens is 1. The van der Waals surface area contributed by atoms with Crippen LogP contribution in [-0.2, 0) is 22.7 Å². The third-order valence-electron chi connectivity index (χ3n) is 4.13. The standard InChI is InChI=1S/C24H23N3O3/c1-18(28)27-23(15-19-8-3-2-4-9-19)24(29)26-16-20-10-7-12-22(14-20)30-17-21-11-5-6-13-25-21/h2-15H,16-17H2,1H3,(H,26,29)(H,27,28)/b23-15-. The van der Waals surface area contributed by atoms with Crippen LogP contribution >= 0.6 is 0 Å². The molecule has 2 N–H and O–H groups in total. The summed E-state index contributed by atoms with van der Waals surface area (Å²) >= 11 is 0. The van der Waals surface area contributed by atoms with E-state index in [9.17, 15) is 9.59 Å². The van der Waals surface area contributed by atoms with E-state index in [2.05, 4.69) is 15.6 Å². The number of carbonyl (C=O) groups excluding carboxylic acids is 2. The number of nitrogens with one attached hydrogen (secondary N) is 2. The van der Waals surface area contributed by atoms with Gasteiger partial charge in [0.05, 0.1) is 5.69 Å². The molecule has 3 rings (SSSR count). The molecule has 2 amide bonds. The van der Waals surface area contributed by atoms with E-state index in [0.29, 0.717) is 18.9 Å². The lowest BCUT2D eigenvalue weighted by atomic mass is 10.1. The van der Waals surface area contributed by atoms with Crippen LogP contribution in [0.1, 0.15) is 23.7 Å². The minimum absolute atomic E-state index is 0.191. The van der Waals surface area contributed by atoms with Crippen LogP contribution in [0.2, 0.25) is 0 Å². The molecule has 0 unspecified atom stereocenters. The van der Waals surface area contributed by atoms with Crippen LogP contribution in [0.4, 0.5) is 0 Å². The fourth-order valence-corrected chi connectivity index (χ4v) is 2.73. The van der Waals surface area contributed by atoms with Crippen LogP contribution < -0.4 is 15.4 Å². The zero-order valence-corrected chi connectivity index (χ0v) is 16.7. The van der Waals surface area contributed by atoms with Crippen molar-refractivity contribution in [2.75, 3.05) is 0 Å². The van der Waals surface area contributed by atoms with Crippen LogP contribution in [0.5, 0.6) is 5.75 Å². The molecular weight excluding hydrogens is 378 g/mol. The van der Waals surface area contributed by atoms with Crippen molar-refractivity contribution in [3.8, 4) is 5.75 Å². The van der Waals surface area contributed by atoms with E-state index in [1.807, 2.05) is 72.8 Å². The largest absolute Gasteiger partial charge is 0.487 e. The first-order valence-corrected chi connectivity index (χ1v) is 9.54. The van der Waals surface area contributed by atoms with Crippen LogP contribution in [0, 0.1) is 0 Å². The summed E-state index contributed by atoms with van der Waals surface area (Å²) in [5, 5.41) is 5.43. The lowest BCUT2D eigenvalue weighted by molar-refractivity contribution is -0.122. The lowest BCUT2D eigenvalue weighted by Gasteiger charge is -2.11. The Morgan fingerprint density at radius 2 is 1.80 bits per heavy atom. The highest BCUT2D eigenvalue weighted by molar-refractivity contribution is 6.00. The molecule has 0 aliphatic carbocycles. The SMILES string of the molecule is CC(=O)N/C(=C\c1ccccc1)C(=O)NCc1cccc(OCc2ccccn2)c1. The summed E-state index contributed by atoms with van der Waals surface area (Å²) in [5.41, 5.74) is 2.73. The van der Waals surface area contributed by atoms with Gasteiger partial charge < -0.3 is 15.4 Å². The van der Waals surface area contributed by atoms with Crippen LogP contribution in [-0.4, -0.2) is 16.8 Å². The van der Waals surface area contributed by atoms with Crippen molar-refractivity contribution in [2.45, 2.75) is 20.1 Å². The first kappa shape index (κ1) is 20.8. The molecule has 0 fully saturated rings. The lowest BCUT2D eigenvalue weighted by Crippen LogP contribution is -2.33. The highest BCUT2D eigenvalue weighted by Gasteiger charge is 2.11. The number of nitrogens with zero attached hydrogens (tertiary/aromatic N) is 1. The van der Waals surface area contributed by atoms with E-state index in [-0.39, 0.29) is 17.5 Å². The Bertz CT molecular complexity index is 1020. The zero-order valence-electron chi connectivity index (χ0n) is 16.7. The molecule has 1 aromatic heterocycles. The summed E-state index contributed by atoms with van der Waals surface area (Å²) in [6.07, 6.45) is 3.36. The second-order valence-electron chi connectivity index (χ2n) is 6.59. The Labute approximate surface area is 175 Å². The molecule has 152 valence electrons. The predicted octanol–water partition coefficient (Wildman–Crippen LogP) is 3.45. The topological polar surface area (TPSA) is 80.3 Å². The smallest absolute Gasteiger partial charge is 0.268 e. The second kappa shape index (κ2) is 10.6. The van der Waals surface area contributed by atoms with Gasteiger partial charge in [-0.25, -0.2) is 0 Å². The van der Waals surface area contributed by atoms with Crippen molar-refractivity contribution in [3.63, 3.8) is 0 Å². The summed E-state index contributed by atoms with van der Waals surface area (Å²) in [5.74, 6) is 0.0143. The molecule has 0 radical (unpaired) electrons. The summed E-state index contributed by atoms with van der Waals surface area (Å²) in [6.45, 7) is 2.03. The highest BCUT2D eigenvalue weighted by atomic mass is 16.5. The van der Waals surface area contributed by atoms with Crippen LogP contribution in [0.25, 0.3) is 6.08 Å². The zero-order chi connectivity index (χ0) is 21.2. The fourth-order valence-electron chi connectivity index (χ4n) is 2.73. The van der Waals surface area contributed by atoms with Gasteiger partial charge in [-0.1, -0.05) is 48.5 Å². The van der Waals surface area contributed by atoms with Crippen molar-refractivity contribution < 1.29 is 14.3 Å². The van der Waals surface area contributed by atoms with E-state index in [1.54, 1.807) is 12.3 Å². The van der Waals surface area contributed by atoms with Crippen molar-refractivity contribution >= 4 is 17.9 Å². The molecule has 3 aromatic rings. The summed E-state index contributed by atoms with van der Waals surface area (Å²) in [6, 6.07) is 22.5. The van der Waals surface area contributed by atoms with Crippen LogP contribution in [0.15, 0.2) is 84.7 Å². The number of rotatable bonds is 8. The number of benzene rings is 2. The van der Waals surface area contributed by atoms with Gasteiger partial charge in [0.1, 0.15) is 18.1 Å². The Kier molecular flexibility index (Phi) is 7.33. The molecule has 30 heavy (non-hydrogen) atoms. The monoisotopic (exact) mass is 401 g/mol. The number of amides is 2. The molecule has 6 nitrogen and oxygen atoms in total. The molecule has 6 heteroatoms. The number of ether oxygens (including phenoxy) is 1. The Morgan fingerprint density at radius 3 is 2.53 bits per heavy atom. The van der Waals surface area contributed by atoms with Crippen molar-refractivity contribution in [1.29, 1.82) is 0 Å². The summed E-state index contributed by atoms with van der Waals surface area (Å²) in [7, 11) is 0. The number of pyridine rings is 1. The molecule has 0 saturated heterocycles. The Hall–Kier alpha value is -3.93. The van der Waals surface area contributed by atoms with Gasteiger partial charge in [0.15, 0.2) is 0 Å². The van der Waals surface area contributed by atoms with E-state index in [0.717, 1.165) is 16.8 Å². The Morgan fingerprint density at radius 1 is 1.00 bits per heavy atom. The molecule has 0 atom stereocenters. The minimum Gasteiger partial charge on any atom is -0.487 e. The quantitative estimate of drug-likeness (QED) is 0.567. The first-order chi connectivity index (χ1) is 14.6. The number of hydrogen-bond donors (Lipinski definition) is 2. The van der Waals surface area contributed by atoms with E-state index in [1.165, 1.54) is 6.92 Å². The number of hydrogen-bond acceptors (Lipinski definition) is 4. The Balaban J connectivity index is 1.62. The number of carbonyl (C=O) groups is 2. The van der Waals surface area contributed by atoms with Crippen LogP contribution in [0.3, 0.4) is 0 Å². The average molecular weight is 401 g/mol. The van der Waals surface area contributed by atoms with Crippen molar-refractivity contribution in [2.24, 2.45) is 0 Å². The molecule has 0 spiro atoms. The van der Waals surface area contributed by atoms with Gasteiger partial charge in [-0.15, -0.1) is 0 Å². The van der Waals surface area contributed by atoms with Gasteiger partial charge in [0.2, 0.25) is 5.91 Å². The molecule has 0 bridgehead atoms. The van der Waals surface area contributed by atoms with Gasteiger partial charge in [0, 0.05) is 19.7 Å². The minimum atomic E-state index is -0.367. The van der Waals surface area contributed by atoms with Gasteiger partial charge in [0.25, 0.3) is 5.91 Å². The third-order valence-corrected chi connectivity index (χ3v) is 4.13. The summed E-state index contributed by atoms with van der Waals surface area (Å²) < 4.78 is 5.78. The maximum atomic E-state index is 12.6. The normalized spacial score (nSPS) is 10.9. The average Bonchev–Trinajstić information content (AvgIpc) is 2.77. The maximum absolute atomic E-state index is 12.6. The van der Waals surface area contributed by atoms with Gasteiger partial charge in [-0.05, 0) is 41.5 Å². The molecule has 0 aliphatic rings. The van der Waals surface area contributed by atoms with Gasteiger partial charge >= 0.3 is 0 Å². The highest BCUT2D eigenvalue weighted by Crippen LogP contribution is 2.15. The first-order valence-electron chi connectivity index (χ1n) is 9.54. The van der Waals surface area contributed by atoms with E-state index < -0.39 is 0 Å². The third kappa shape index (κ3) is 6.60. The van der Waals surface area contributed by atoms with Gasteiger partial charge in [-0.3, -0.25) is 14.6 Å². The maximum Gasteiger partial charge on any atom is 0.268 e. The van der Waals surface area contributed by atoms with Crippen molar-refractivity contribution in [1.82, 2.24) is 15.6 Å². The molecule has 2 aromatic carbocycles. The molecule has 0 saturated carbocycles. The predicted molar refractivity (Wildman–Crippen MR) is 115 cm³/mol. The molecule has 0 aliphatic heterocycles. The molecular formula is C24H23N3O3. The molecule has 1 heterocycles. The fraction of sp³-hybridized carbons (Fsp3) is 0.125. The van der Waals surface area contributed by atoms with Gasteiger partial charge in [-0.2, -0.15) is 0 Å². The van der Waals surface area contributed by atoms with E-state index >= 15 is 0 Å². The summed E-state index contributed by atoms with van der Waals surface area (Å²) in [4.78, 5) is 28.4.